The van der Waals surface area contributed by atoms with Gasteiger partial charge in [-0.2, -0.15) is 0 Å². The normalized spacial score (nSPS) is 14.9. The lowest BCUT2D eigenvalue weighted by atomic mass is 9.95. The molecular weight excluding hydrogens is 470 g/mol. The molecule has 2 N–H and O–H groups in total. The summed E-state index contributed by atoms with van der Waals surface area (Å²) >= 11 is 1.49. The van der Waals surface area contributed by atoms with Crippen LogP contribution in [0.4, 0.5) is 5.69 Å². The van der Waals surface area contributed by atoms with Crippen molar-refractivity contribution < 1.29 is 14.3 Å². The third kappa shape index (κ3) is 5.16. The molecule has 0 spiro atoms. The molecule has 1 aliphatic carbocycles. The average molecular weight is 502 g/mol. The number of benzene rings is 2. The molecule has 6 nitrogen and oxygen atoms in total. The smallest absolute Gasteiger partial charge is 0.248 e. The number of para-hydroxylation sites is 1. The summed E-state index contributed by atoms with van der Waals surface area (Å²) in [6.07, 6.45) is 7.45. The molecule has 0 radical (unpaired) electrons. The predicted molar refractivity (Wildman–Crippen MR) is 145 cm³/mol. The van der Waals surface area contributed by atoms with Crippen LogP contribution in [-0.2, 0) is 16.0 Å². The minimum Gasteiger partial charge on any atom is -0.497 e. The van der Waals surface area contributed by atoms with Crippen LogP contribution in [0.25, 0.3) is 10.9 Å². The fraction of sp³-hybridized carbons (Fsp3) is 0.310. The zero-order valence-electron chi connectivity index (χ0n) is 20.4. The SMILES string of the molecule is COc1cccc(N(C(=O)Cc2c[nH]c3ccccc23)C(C(=O)NC2CCCCC2)c2cccs2)c1. The molecule has 36 heavy (non-hydrogen) atoms. The first-order valence-electron chi connectivity index (χ1n) is 12.5. The molecule has 4 aromatic rings. The molecule has 0 aliphatic heterocycles. The number of ether oxygens (including phenoxy) is 1. The minimum atomic E-state index is -0.767. The van der Waals surface area contributed by atoms with Crippen molar-refractivity contribution in [2.45, 2.75) is 50.6 Å². The van der Waals surface area contributed by atoms with E-state index in [0.29, 0.717) is 11.4 Å². The van der Waals surface area contributed by atoms with Gasteiger partial charge < -0.3 is 15.0 Å². The molecule has 1 aliphatic rings. The molecule has 0 bridgehead atoms. The first kappa shape index (κ1) is 24.1. The van der Waals surface area contributed by atoms with Crippen LogP contribution in [-0.4, -0.2) is 29.9 Å². The summed E-state index contributed by atoms with van der Waals surface area (Å²) in [6, 6.07) is 18.6. The number of nitrogens with zero attached hydrogens (tertiary/aromatic N) is 1. The summed E-state index contributed by atoms with van der Waals surface area (Å²) in [5.41, 5.74) is 2.52. The standard InChI is InChI=1S/C29H31N3O3S/c1-35-23-12-7-11-22(18-23)32(27(33)17-20-19-30-25-14-6-5-13-24(20)25)28(26-15-8-16-36-26)29(34)31-21-9-3-2-4-10-21/h5-8,11-16,18-19,21,28,30H,2-4,9-10,17H2,1H3,(H,31,34). The van der Waals surface area contributed by atoms with E-state index < -0.39 is 6.04 Å². The summed E-state index contributed by atoms with van der Waals surface area (Å²) < 4.78 is 5.46. The van der Waals surface area contributed by atoms with Crippen molar-refractivity contribution in [2.24, 2.45) is 0 Å². The van der Waals surface area contributed by atoms with Crippen LogP contribution >= 0.6 is 11.3 Å². The lowest BCUT2D eigenvalue weighted by Gasteiger charge is -2.33. The average Bonchev–Trinajstić information content (AvgIpc) is 3.58. The van der Waals surface area contributed by atoms with Crippen LogP contribution in [0.1, 0.15) is 48.6 Å². The van der Waals surface area contributed by atoms with Gasteiger partial charge in [0.05, 0.1) is 13.5 Å². The molecule has 2 heterocycles. The van der Waals surface area contributed by atoms with E-state index in [1.54, 1.807) is 12.0 Å². The molecule has 2 amide bonds. The van der Waals surface area contributed by atoms with E-state index in [4.69, 9.17) is 4.74 Å². The van der Waals surface area contributed by atoms with Gasteiger partial charge >= 0.3 is 0 Å². The fourth-order valence-electron chi connectivity index (χ4n) is 5.07. The van der Waals surface area contributed by atoms with Gasteiger partial charge in [0.15, 0.2) is 0 Å². The van der Waals surface area contributed by atoms with Crippen molar-refractivity contribution in [1.82, 2.24) is 10.3 Å². The third-order valence-electron chi connectivity index (χ3n) is 6.89. The van der Waals surface area contributed by atoms with E-state index >= 15 is 0 Å². The number of rotatable bonds is 8. The van der Waals surface area contributed by atoms with E-state index in [2.05, 4.69) is 10.3 Å². The Morgan fingerprint density at radius 1 is 1.08 bits per heavy atom. The number of thiophene rings is 1. The van der Waals surface area contributed by atoms with Gasteiger partial charge in [0.1, 0.15) is 11.8 Å². The van der Waals surface area contributed by atoms with Crippen molar-refractivity contribution >= 4 is 39.7 Å². The maximum absolute atomic E-state index is 14.1. The number of anilines is 1. The van der Waals surface area contributed by atoms with Gasteiger partial charge in [0.2, 0.25) is 11.8 Å². The molecule has 1 saturated carbocycles. The quantitative estimate of drug-likeness (QED) is 0.311. The molecule has 0 saturated heterocycles. The number of hydrogen-bond donors (Lipinski definition) is 2. The van der Waals surface area contributed by atoms with Crippen molar-refractivity contribution in [2.75, 3.05) is 12.0 Å². The predicted octanol–water partition coefficient (Wildman–Crippen LogP) is 6.00. The van der Waals surface area contributed by atoms with Crippen LogP contribution in [0.3, 0.4) is 0 Å². The van der Waals surface area contributed by atoms with Gasteiger partial charge in [-0.15, -0.1) is 11.3 Å². The lowest BCUT2D eigenvalue weighted by molar-refractivity contribution is -0.127. The maximum atomic E-state index is 14.1. The Morgan fingerprint density at radius 2 is 1.92 bits per heavy atom. The molecule has 186 valence electrons. The zero-order valence-corrected chi connectivity index (χ0v) is 21.2. The van der Waals surface area contributed by atoms with Crippen molar-refractivity contribution in [1.29, 1.82) is 0 Å². The van der Waals surface area contributed by atoms with Gasteiger partial charge in [-0.1, -0.05) is 49.6 Å². The number of aromatic amines is 1. The summed E-state index contributed by atoms with van der Waals surface area (Å²) in [7, 11) is 1.60. The van der Waals surface area contributed by atoms with E-state index in [-0.39, 0.29) is 24.3 Å². The number of H-pyrrole nitrogens is 1. The number of methoxy groups -OCH3 is 1. The number of fused-ring (bicyclic) bond motifs is 1. The first-order chi connectivity index (χ1) is 17.6. The molecule has 1 fully saturated rings. The van der Waals surface area contributed by atoms with Gasteiger partial charge in [-0.3, -0.25) is 14.5 Å². The highest BCUT2D eigenvalue weighted by Crippen LogP contribution is 2.34. The molecule has 2 aromatic heterocycles. The highest BCUT2D eigenvalue weighted by molar-refractivity contribution is 7.10. The lowest BCUT2D eigenvalue weighted by Crippen LogP contribution is -2.47. The molecule has 1 atom stereocenters. The number of aromatic nitrogens is 1. The van der Waals surface area contributed by atoms with E-state index in [9.17, 15) is 9.59 Å². The summed E-state index contributed by atoms with van der Waals surface area (Å²) in [5, 5.41) is 6.22. The highest BCUT2D eigenvalue weighted by atomic mass is 32.1. The van der Waals surface area contributed by atoms with Crippen LogP contribution in [0, 0.1) is 0 Å². The van der Waals surface area contributed by atoms with E-state index in [1.807, 2.05) is 72.2 Å². The van der Waals surface area contributed by atoms with Crippen LogP contribution in [0.15, 0.2) is 72.2 Å². The van der Waals surface area contributed by atoms with Gasteiger partial charge in [-0.25, -0.2) is 0 Å². The zero-order chi connectivity index (χ0) is 24.9. The maximum Gasteiger partial charge on any atom is 0.248 e. The van der Waals surface area contributed by atoms with E-state index in [0.717, 1.165) is 47.0 Å². The van der Waals surface area contributed by atoms with Crippen molar-refractivity contribution in [3.8, 4) is 5.75 Å². The number of nitrogens with one attached hydrogen (secondary N) is 2. The highest BCUT2D eigenvalue weighted by Gasteiger charge is 2.35. The fourth-order valence-corrected chi connectivity index (χ4v) is 5.88. The Kier molecular flexibility index (Phi) is 7.37. The third-order valence-corrected chi connectivity index (χ3v) is 7.81. The number of amides is 2. The monoisotopic (exact) mass is 501 g/mol. The first-order valence-corrected chi connectivity index (χ1v) is 13.4. The van der Waals surface area contributed by atoms with Crippen molar-refractivity contribution in [3.05, 3.63) is 82.7 Å². The van der Waals surface area contributed by atoms with Crippen LogP contribution < -0.4 is 15.0 Å². The van der Waals surface area contributed by atoms with Gasteiger partial charge in [-0.05, 0) is 48.1 Å². The molecule has 5 rings (SSSR count). The summed E-state index contributed by atoms with van der Waals surface area (Å²) in [5.74, 6) is 0.347. The second-order valence-electron chi connectivity index (χ2n) is 9.26. The Bertz CT molecular complexity index is 1320. The van der Waals surface area contributed by atoms with Crippen LogP contribution in [0.5, 0.6) is 5.75 Å². The Morgan fingerprint density at radius 3 is 2.69 bits per heavy atom. The molecule has 7 heteroatoms. The molecule has 1 unspecified atom stereocenters. The van der Waals surface area contributed by atoms with Gasteiger partial charge in [0, 0.05) is 39.8 Å². The largest absolute Gasteiger partial charge is 0.497 e. The minimum absolute atomic E-state index is 0.139. The van der Waals surface area contributed by atoms with Crippen molar-refractivity contribution in [3.63, 3.8) is 0 Å². The summed E-state index contributed by atoms with van der Waals surface area (Å²) in [4.78, 5) is 33.7. The van der Waals surface area contributed by atoms with Gasteiger partial charge in [0.25, 0.3) is 0 Å². The number of hydrogen-bond acceptors (Lipinski definition) is 4. The second-order valence-corrected chi connectivity index (χ2v) is 10.2. The Balaban J connectivity index is 1.53. The molecule has 2 aromatic carbocycles. The topological polar surface area (TPSA) is 74.4 Å². The number of carbonyl (C=O) groups is 2. The Labute approximate surface area is 215 Å². The van der Waals surface area contributed by atoms with Crippen LogP contribution in [0.2, 0.25) is 0 Å². The van der Waals surface area contributed by atoms with E-state index in [1.165, 1.54) is 17.8 Å². The summed E-state index contributed by atoms with van der Waals surface area (Å²) in [6.45, 7) is 0. The second kappa shape index (κ2) is 11.0. The number of carbonyl (C=O) groups excluding carboxylic acids is 2. The molecular formula is C29H31N3O3S. The Hall–Kier alpha value is -3.58.